The first-order valence-electron chi connectivity index (χ1n) is 2.18. The van der Waals surface area contributed by atoms with E-state index in [4.69, 9.17) is 0 Å². The highest BCUT2D eigenvalue weighted by Crippen LogP contribution is 2.76. The Balaban J connectivity index is 2.41. The summed E-state index contributed by atoms with van der Waals surface area (Å²) in [5.41, 5.74) is 0.442. The third-order valence-corrected chi connectivity index (χ3v) is 4.22. The van der Waals surface area contributed by atoms with Crippen molar-refractivity contribution in [1.82, 2.24) is 0 Å². The Hall–Kier alpha value is 0.360. The van der Waals surface area contributed by atoms with Crippen LogP contribution in [0.2, 0.25) is 0 Å². The fourth-order valence-corrected chi connectivity index (χ4v) is 2.08. The van der Waals surface area contributed by atoms with E-state index in [2.05, 4.69) is 0 Å². The molecule has 36 valence electrons. The second-order valence-corrected chi connectivity index (χ2v) is 5.71. The zero-order valence-electron chi connectivity index (χ0n) is 4.11. The van der Waals surface area contributed by atoms with Gasteiger partial charge in [-0.05, 0) is 6.92 Å². The number of hydrogen-bond donors (Lipinski definition) is 0. The highest BCUT2D eigenvalue weighted by atomic mass is 31.2. The Morgan fingerprint density at radius 2 is 2.00 bits per heavy atom. The zero-order chi connectivity index (χ0) is 4.78. The quantitative estimate of drug-likeness (QED) is 0.415. The van der Waals surface area contributed by atoms with Gasteiger partial charge in [-0.1, -0.05) is 4.20 Å². The molecule has 0 aromatic rings. The number of rotatable bonds is 0. The van der Waals surface area contributed by atoms with Gasteiger partial charge < -0.3 is 0 Å². The SMILES string of the molecule is CC1C[P+]1(C)F. The summed E-state index contributed by atoms with van der Waals surface area (Å²) in [6.45, 7) is 3.74. The van der Waals surface area contributed by atoms with Crippen LogP contribution in [0.3, 0.4) is 0 Å². The molecule has 1 aliphatic heterocycles. The largest absolute Gasteiger partial charge is 0.209 e. The molecule has 1 heterocycles. The van der Waals surface area contributed by atoms with Crippen molar-refractivity contribution in [2.75, 3.05) is 12.8 Å². The van der Waals surface area contributed by atoms with Gasteiger partial charge in [0, 0.05) is 0 Å². The Morgan fingerprint density at radius 1 is 1.83 bits per heavy atom. The molecule has 0 N–H and O–H groups in total. The van der Waals surface area contributed by atoms with Gasteiger partial charge >= 0.3 is 0 Å². The van der Waals surface area contributed by atoms with Gasteiger partial charge in [0.15, 0.2) is 0 Å². The number of halogens is 1. The standard InChI is InChI=1S/C4H9FP/c1-4-3-6(4,2)5/h4H,3H2,1-2H3/q+1. The average Bonchev–Trinajstić information content (AvgIpc) is 1.73. The summed E-state index contributed by atoms with van der Waals surface area (Å²) in [5.74, 6) is 0. The van der Waals surface area contributed by atoms with Crippen LogP contribution in [0.1, 0.15) is 6.92 Å². The monoisotopic (exact) mass is 107 g/mol. The minimum atomic E-state index is -1.73. The predicted molar refractivity (Wildman–Crippen MR) is 28.3 cm³/mol. The van der Waals surface area contributed by atoms with Crippen molar-refractivity contribution in [3.05, 3.63) is 0 Å². The van der Waals surface area contributed by atoms with Crippen molar-refractivity contribution < 1.29 is 4.20 Å². The van der Waals surface area contributed by atoms with Gasteiger partial charge in [-0.25, -0.2) is 0 Å². The van der Waals surface area contributed by atoms with Crippen LogP contribution in [0.4, 0.5) is 4.20 Å². The predicted octanol–water partition coefficient (Wildman–Crippen LogP) is 1.92. The minimum absolute atomic E-state index is 0.442. The van der Waals surface area contributed by atoms with Crippen molar-refractivity contribution in [2.45, 2.75) is 12.6 Å². The summed E-state index contributed by atoms with van der Waals surface area (Å²) in [5, 5.41) is 0. The lowest BCUT2D eigenvalue weighted by molar-refractivity contribution is 0.893. The Labute approximate surface area is 38.2 Å². The van der Waals surface area contributed by atoms with Crippen LogP contribution >= 0.6 is 7.57 Å². The molecule has 0 aliphatic carbocycles. The van der Waals surface area contributed by atoms with Crippen LogP contribution in [0.25, 0.3) is 0 Å². The van der Waals surface area contributed by atoms with E-state index in [0.717, 1.165) is 6.16 Å². The molecule has 1 aliphatic rings. The smallest absolute Gasteiger partial charge is 0.0651 e. The van der Waals surface area contributed by atoms with Crippen LogP contribution in [-0.2, 0) is 0 Å². The normalized spacial score (nSPS) is 55.5. The highest BCUT2D eigenvalue weighted by Gasteiger charge is 2.59. The van der Waals surface area contributed by atoms with E-state index in [0.29, 0.717) is 5.66 Å². The van der Waals surface area contributed by atoms with Crippen LogP contribution in [0.5, 0.6) is 0 Å². The van der Waals surface area contributed by atoms with Gasteiger partial charge in [-0.15, -0.1) is 0 Å². The van der Waals surface area contributed by atoms with Crippen LogP contribution < -0.4 is 0 Å². The Kier molecular flexibility index (Phi) is 0.715. The molecule has 0 aromatic carbocycles. The lowest BCUT2D eigenvalue weighted by Gasteiger charge is -1.75. The van der Waals surface area contributed by atoms with E-state index < -0.39 is 7.57 Å². The maximum absolute atomic E-state index is 12.3. The summed E-state index contributed by atoms with van der Waals surface area (Å²) >= 11 is 0. The van der Waals surface area contributed by atoms with Crippen LogP contribution in [-0.4, -0.2) is 18.5 Å². The molecular formula is C4H9FP+. The molecule has 0 spiro atoms. The van der Waals surface area contributed by atoms with E-state index in [9.17, 15) is 4.20 Å². The first kappa shape index (κ1) is 4.52. The van der Waals surface area contributed by atoms with Gasteiger partial charge in [0.1, 0.15) is 11.8 Å². The maximum atomic E-state index is 12.3. The van der Waals surface area contributed by atoms with Crippen LogP contribution in [0.15, 0.2) is 0 Å². The molecule has 0 nitrogen and oxygen atoms in total. The highest BCUT2D eigenvalue weighted by molar-refractivity contribution is 7.78. The van der Waals surface area contributed by atoms with E-state index in [1.807, 2.05) is 6.92 Å². The molecule has 0 amide bonds. The molecule has 1 saturated heterocycles. The first-order valence-corrected chi connectivity index (χ1v) is 4.56. The molecule has 2 atom stereocenters. The Bertz CT molecular complexity index is 69.9. The second kappa shape index (κ2) is 0.949. The molecule has 0 aromatic heterocycles. The van der Waals surface area contributed by atoms with E-state index in [1.54, 1.807) is 6.66 Å². The summed E-state index contributed by atoms with van der Waals surface area (Å²) in [4.78, 5) is 0. The zero-order valence-corrected chi connectivity index (χ0v) is 5.00. The summed E-state index contributed by atoms with van der Waals surface area (Å²) in [6.07, 6.45) is 0.882. The molecule has 0 bridgehead atoms. The summed E-state index contributed by atoms with van der Waals surface area (Å²) < 4.78 is 12.3. The summed E-state index contributed by atoms with van der Waals surface area (Å²) in [7, 11) is -1.73. The van der Waals surface area contributed by atoms with Gasteiger partial charge in [-0.2, -0.15) is 0 Å². The summed E-state index contributed by atoms with van der Waals surface area (Å²) in [6, 6.07) is 0. The van der Waals surface area contributed by atoms with Crippen LogP contribution in [0, 0.1) is 0 Å². The minimum Gasteiger partial charge on any atom is -0.0651 e. The lowest BCUT2D eigenvalue weighted by atomic mass is 10.6. The molecular weight excluding hydrogens is 98.0 g/mol. The fourth-order valence-electron chi connectivity index (χ4n) is 0.470. The van der Waals surface area contributed by atoms with E-state index >= 15 is 0 Å². The lowest BCUT2D eigenvalue weighted by Crippen LogP contribution is -1.62. The molecule has 0 radical (unpaired) electrons. The maximum Gasteiger partial charge on any atom is 0.209 e. The van der Waals surface area contributed by atoms with Gasteiger partial charge in [0.25, 0.3) is 0 Å². The third kappa shape index (κ3) is 0.562. The molecule has 0 saturated carbocycles. The molecule has 1 rings (SSSR count). The van der Waals surface area contributed by atoms with E-state index in [-0.39, 0.29) is 0 Å². The van der Waals surface area contributed by atoms with Gasteiger partial charge in [0.2, 0.25) is 7.57 Å². The second-order valence-electron chi connectivity index (χ2n) is 2.17. The van der Waals surface area contributed by atoms with Crippen molar-refractivity contribution in [1.29, 1.82) is 0 Å². The van der Waals surface area contributed by atoms with Crippen molar-refractivity contribution in [2.24, 2.45) is 0 Å². The number of hydrogen-bond acceptors (Lipinski definition) is 0. The molecule has 6 heavy (non-hydrogen) atoms. The molecule has 2 unspecified atom stereocenters. The molecule has 1 fully saturated rings. The first-order chi connectivity index (χ1) is 2.63. The van der Waals surface area contributed by atoms with Crippen molar-refractivity contribution >= 4 is 7.57 Å². The Morgan fingerprint density at radius 3 is 2.00 bits per heavy atom. The van der Waals surface area contributed by atoms with Crippen molar-refractivity contribution in [3.63, 3.8) is 0 Å². The van der Waals surface area contributed by atoms with Crippen molar-refractivity contribution in [3.8, 4) is 0 Å². The third-order valence-electron chi connectivity index (χ3n) is 1.41. The van der Waals surface area contributed by atoms with E-state index in [1.165, 1.54) is 0 Å². The van der Waals surface area contributed by atoms with Gasteiger partial charge in [0.05, 0.1) is 6.66 Å². The topological polar surface area (TPSA) is 0 Å². The van der Waals surface area contributed by atoms with Gasteiger partial charge in [-0.3, -0.25) is 0 Å². The molecule has 2 heteroatoms. The fraction of sp³-hybridized carbons (Fsp3) is 1.00. The average molecular weight is 107 g/mol.